The molecule has 2 rings (SSSR count). The van der Waals surface area contributed by atoms with E-state index in [-0.39, 0.29) is 0 Å². The molecular formula is C14H18N2S. The molecule has 0 fully saturated rings. The quantitative estimate of drug-likeness (QED) is 0.813. The Morgan fingerprint density at radius 2 is 1.76 bits per heavy atom. The van der Waals surface area contributed by atoms with Crippen LogP contribution in [0.3, 0.4) is 0 Å². The molecule has 0 spiro atoms. The Hall–Kier alpha value is -1.35. The van der Waals surface area contributed by atoms with E-state index < -0.39 is 0 Å². The molecule has 1 aromatic carbocycles. The summed E-state index contributed by atoms with van der Waals surface area (Å²) in [6.07, 6.45) is 4.01. The van der Waals surface area contributed by atoms with Gasteiger partial charge in [-0.15, -0.1) is 0 Å². The second-order valence-corrected chi connectivity index (χ2v) is 4.59. The number of imidazole rings is 1. The number of hydrogen-bond donors (Lipinski definition) is 1. The topological polar surface area (TPSA) is 20.7 Å². The molecule has 0 aliphatic heterocycles. The summed E-state index contributed by atoms with van der Waals surface area (Å²) in [4.78, 5) is 3.12. The van der Waals surface area contributed by atoms with Crippen molar-refractivity contribution >= 4 is 12.2 Å². The van der Waals surface area contributed by atoms with Crippen LogP contribution < -0.4 is 0 Å². The molecule has 0 bridgehead atoms. The van der Waals surface area contributed by atoms with Crippen LogP contribution in [0.25, 0.3) is 5.69 Å². The van der Waals surface area contributed by atoms with Crippen molar-refractivity contribution in [3.63, 3.8) is 0 Å². The predicted molar refractivity (Wildman–Crippen MR) is 74.4 cm³/mol. The highest BCUT2D eigenvalue weighted by Gasteiger charge is 2.11. The number of hydrogen-bond acceptors (Lipinski definition) is 1. The number of rotatable bonds is 3. The highest BCUT2D eigenvalue weighted by molar-refractivity contribution is 7.71. The van der Waals surface area contributed by atoms with Crippen molar-refractivity contribution in [3.8, 4) is 5.69 Å². The minimum atomic E-state index is 0.776. The molecule has 0 atom stereocenters. The first kappa shape index (κ1) is 12.1. The summed E-state index contributed by atoms with van der Waals surface area (Å²) in [5.41, 5.74) is 5.12. The van der Waals surface area contributed by atoms with Crippen molar-refractivity contribution < 1.29 is 0 Å². The van der Waals surface area contributed by atoms with Crippen molar-refractivity contribution in [1.29, 1.82) is 0 Å². The van der Waals surface area contributed by atoms with E-state index in [1.165, 1.54) is 16.8 Å². The first-order chi connectivity index (χ1) is 8.19. The van der Waals surface area contributed by atoms with Gasteiger partial charge in [-0.3, -0.25) is 4.57 Å². The third-order valence-electron chi connectivity index (χ3n) is 3.15. The first-order valence-electron chi connectivity index (χ1n) is 6.07. The maximum atomic E-state index is 5.38. The zero-order valence-corrected chi connectivity index (χ0v) is 11.4. The van der Waals surface area contributed by atoms with Crippen LogP contribution in [-0.4, -0.2) is 9.55 Å². The van der Waals surface area contributed by atoms with Crippen LogP contribution in [0.1, 0.15) is 30.7 Å². The second-order valence-electron chi connectivity index (χ2n) is 4.20. The summed E-state index contributed by atoms with van der Waals surface area (Å²) >= 11 is 5.38. The zero-order valence-electron chi connectivity index (χ0n) is 10.6. The van der Waals surface area contributed by atoms with Crippen molar-refractivity contribution in [2.24, 2.45) is 0 Å². The number of aryl methyl sites for hydroxylation is 3. The van der Waals surface area contributed by atoms with E-state index in [9.17, 15) is 0 Å². The molecule has 0 radical (unpaired) electrons. The zero-order chi connectivity index (χ0) is 12.4. The molecule has 90 valence electrons. The second kappa shape index (κ2) is 4.88. The lowest BCUT2D eigenvalue weighted by atomic mass is 10.0. The molecule has 0 aliphatic rings. The molecule has 17 heavy (non-hydrogen) atoms. The van der Waals surface area contributed by atoms with Crippen molar-refractivity contribution in [2.45, 2.75) is 33.6 Å². The minimum Gasteiger partial charge on any atom is -0.337 e. The van der Waals surface area contributed by atoms with Gasteiger partial charge in [0.05, 0.1) is 5.69 Å². The number of aromatic nitrogens is 2. The molecule has 0 amide bonds. The van der Waals surface area contributed by atoms with Gasteiger partial charge >= 0.3 is 0 Å². The minimum absolute atomic E-state index is 0.776. The molecule has 0 saturated heterocycles. The van der Waals surface area contributed by atoms with Crippen LogP contribution in [0.2, 0.25) is 0 Å². The molecule has 3 heteroatoms. The molecular weight excluding hydrogens is 228 g/mol. The number of benzene rings is 1. The van der Waals surface area contributed by atoms with Gasteiger partial charge in [0, 0.05) is 11.9 Å². The predicted octanol–water partition coefficient (Wildman–Crippen LogP) is 3.97. The lowest BCUT2D eigenvalue weighted by molar-refractivity contribution is 0.922. The molecule has 0 saturated carbocycles. The average molecular weight is 246 g/mol. The van der Waals surface area contributed by atoms with Gasteiger partial charge in [0.15, 0.2) is 4.77 Å². The van der Waals surface area contributed by atoms with Gasteiger partial charge in [-0.2, -0.15) is 0 Å². The third kappa shape index (κ3) is 2.07. The van der Waals surface area contributed by atoms with Crippen LogP contribution in [0.5, 0.6) is 0 Å². The van der Waals surface area contributed by atoms with Crippen LogP contribution in [0, 0.1) is 11.7 Å². The van der Waals surface area contributed by atoms with Crippen molar-refractivity contribution in [2.75, 3.05) is 0 Å². The van der Waals surface area contributed by atoms with Gasteiger partial charge in [-0.1, -0.05) is 32.0 Å². The fourth-order valence-corrected chi connectivity index (χ4v) is 2.53. The van der Waals surface area contributed by atoms with E-state index in [0.29, 0.717) is 0 Å². The van der Waals surface area contributed by atoms with Crippen LogP contribution in [-0.2, 0) is 12.8 Å². The standard InChI is InChI=1S/C14H18N2S/c1-4-11-7-6-8-12(5-2)13(11)16-10(3)9-15-14(16)17/h6-9H,4-5H2,1-3H3,(H,15,17). The SMILES string of the molecule is CCc1cccc(CC)c1-n1c(C)c[nH]c1=S. The van der Waals surface area contributed by atoms with Crippen LogP contribution in [0.4, 0.5) is 0 Å². The molecule has 2 nitrogen and oxygen atoms in total. The van der Waals surface area contributed by atoms with E-state index in [1.54, 1.807) is 0 Å². The Bertz CT molecular complexity index is 556. The molecule has 1 heterocycles. The number of nitrogens with zero attached hydrogens (tertiary/aromatic N) is 1. The highest BCUT2D eigenvalue weighted by atomic mass is 32.1. The van der Waals surface area contributed by atoms with Gasteiger partial charge in [0.2, 0.25) is 0 Å². The third-order valence-corrected chi connectivity index (χ3v) is 3.45. The molecule has 1 aromatic heterocycles. The Balaban J connectivity index is 2.77. The van der Waals surface area contributed by atoms with Gasteiger partial charge in [0.25, 0.3) is 0 Å². The summed E-state index contributed by atoms with van der Waals surface area (Å²) < 4.78 is 2.92. The molecule has 1 N–H and O–H groups in total. The fourth-order valence-electron chi connectivity index (χ4n) is 2.24. The Morgan fingerprint density at radius 1 is 1.18 bits per heavy atom. The average Bonchev–Trinajstić information content (AvgIpc) is 2.68. The summed E-state index contributed by atoms with van der Waals surface area (Å²) in [7, 11) is 0. The van der Waals surface area contributed by atoms with Crippen LogP contribution >= 0.6 is 12.2 Å². The number of para-hydroxylation sites is 1. The highest BCUT2D eigenvalue weighted by Crippen LogP contribution is 2.23. The summed E-state index contributed by atoms with van der Waals surface area (Å²) in [6.45, 7) is 6.45. The van der Waals surface area contributed by atoms with E-state index in [0.717, 1.165) is 23.3 Å². The van der Waals surface area contributed by atoms with E-state index in [4.69, 9.17) is 12.2 Å². The maximum absolute atomic E-state index is 5.38. The van der Waals surface area contributed by atoms with E-state index in [1.807, 2.05) is 6.20 Å². The Morgan fingerprint density at radius 3 is 2.18 bits per heavy atom. The molecule has 2 aromatic rings. The summed E-state index contributed by atoms with van der Waals surface area (Å²) in [5, 5.41) is 0. The normalized spacial score (nSPS) is 10.8. The molecule has 0 aliphatic carbocycles. The Kier molecular flexibility index (Phi) is 3.48. The van der Waals surface area contributed by atoms with Crippen molar-refractivity contribution in [3.05, 3.63) is 46.0 Å². The van der Waals surface area contributed by atoms with Crippen molar-refractivity contribution in [1.82, 2.24) is 9.55 Å². The molecule has 0 unspecified atom stereocenters. The summed E-state index contributed by atoms with van der Waals surface area (Å²) in [5.74, 6) is 0. The smallest absolute Gasteiger partial charge is 0.182 e. The fraction of sp³-hybridized carbons (Fsp3) is 0.357. The van der Waals surface area contributed by atoms with Gasteiger partial charge < -0.3 is 4.98 Å². The lowest BCUT2D eigenvalue weighted by Gasteiger charge is -2.15. The van der Waals surface area contributed by atoms with E-state index in [2.05, 4.69) is 48.5 Å². The first-order valence-corrected chi connectivity index (χ1v) is 6.48. The number of H-pyrrole nitrogens is 1. The Labute approximate surface area is 107 Å². The van der Waals surface area contributed by atoms with Gasteiger partial charge in [-0.05, 0) is 43.1 Å². The maximum Gasteiger partial charge on any atom is 0.182 e. The summed E-state index contributed by atoms with van der Waals surface area (Å²) in [6, 6.07) is 6.50. The van der Waals surface area contributed by atoms with E-state index >= 15 is 0 Å². The lowest BCUT2D eigenvalue weighted by Crippen LogP contribution is -2.05. The van der Waals surface area contributed by atoms with Gasteiger partial charge in [0.1, 0.15) is 0 Å². The van der Waals surface area contributed by atoms with Crippen LogP contribution in [0.15, 0.2) is 24.4 Å². The monoisotopic (exact) mass is 246 g/mol. The van der Waals surface area contributed by atoms with Gasteiger partial charge in [-0.25, -0.2) is 0 Å². The number of nitrogens with one attached hydrogen (secondary N) is 1. The number of aromatic amines is 1. The largest absolute Gasteiger partial charge is 0.337 e.